The van der Waals surface area contributed by atoms with Crippen LogP contribution >= 0.6 is 0 Å². The Hall–Kier alpha value is -1.51. The molecule has 0 aliphatic carbocycles. The van der Waals surface area contributed by atoms with Crippen LogP contribution in [0.2, 0.25) is 0 Å². The molecule has 0 bridgehead atoms. The summed E-state index contributed by atoms with van der Waals surface area (Å²) in [5.41, 5.74) is 9.69. The van der Waals surface area contributed by atoms with Crippen molar-refractivity contribution in [3.8, 4) is 0 Å². The van der Waals surface area contributed by atoms with E-state index >= 15 is 0 Å². The predicted molar refractivity (Wildman–Crippen MR) is 64.0 cm³/mol. The van der Waals surface area contributed by atoms with Crippen LogP contribution in [0.3, 0.4) is 0 Å². The molecule has 0 radical (unpaired) electrons. The summed E-state index contributed by atoms with van der Waals surface area (Å²) in [4.78, 5) is 5.33. The molecular weight excluding hydrogens is 200 g/mol. The van der Waals surface area contributed by atoms with E-state index in [0.29, 0.717) is 0 Å². The van der Waals surface area contributed by atoms with Crippen molar-refractivity contribution in [1.29, 1.82) is 0 Å². The van der Waals surface area contributed by atoms with E-state index < -0.39 is 0 Å². The molecule has 4 nitrogen and oxygen atoms in total. The summed E-state index contributed by atoms with van der Waals surface area (Å²) in [5.74, 6) is 0. The van der Waals surface area contributed by atoms with Gasteiger partial charge < -0.3 is 4.90 Å². The zero-order valence-electron chi connectivity index (χ0n) is 9.29. The van der Waals surface area contributed by atoms with Gasteiger partial charge in [-0.25, -0.2) is 0 Å². The van der Waals surface area contributed by atoms with Crippen LogP contribution in [-0.2, 0) is 0 Å². The first-order valence-electron chi connectivity index (χ1n) is 5.71. The van der Waals surface area contributed by atoms with E-state index in [1.165, 1.54) is 19.5 Å². The van der Waals surface area contributed by atoms with Crippen molar-refractivity contribution in [2.24, 2.45) is 5.11 Å². The van der Waals surface area contributed by atoms with Gasteiger partial charge in [-0.05, 0) is 43.6 Å². The largest absolute Gasteiger partial charge is 0.303 e. The van der Waals surface area contributed by atoms with Crippen LogP contribution in [0.1, 0.15) is 24.4 Å². The maximum Gasteiger partial charge on any atom is 0.0637 e. The number of azide groups is 1. The normalized spacial score (nSPS) is 17.2. The fraction of sp³-hybridized carbons (Fsp3) is 0.500. The van der Waals surface area contributed by atoms with E-state index in [1.807, 2.05) is 30.3 Å². The SMILES string of the molecule is [N-]=[N+]=NC(CCN1CCC1)c1ccccc1. The van der Waals surface area contributed by atoms with Gasteiger partial charge in [0.2, 0.25) is 0 Å². The first-order chi connectivity index (χ1) is 7.90. The first kappa shape index (κ1) is 11.0. The summed E-state index contributed by atoms with van der Waals surface area (Å²) < 4.78 is 0. The summed E-state index contributed by atoms with van der Waals surface area (Å²) in [5, 5.41) is 3.88. The summed E-state index contributed by atoms with van der Waals surface area (Å²) >= 11 is 0. The lowest BCUT2D eigenvalue weighted by molar-refractivity contribution is 0.175. The van der Waals surface area contributed by atoms with Gasteiger partial charge in [0.05, 0.1) is 6.04 Å². The number of rotatable bonds is 5. The molecule has 1 aromatic rings. The van der Waals surface area contributed by atoms with Crippen molar-refractivity contribution >= 4 is 0 Å². The lowest BCUT2D eigenvalue weighted by Gasteiger charge is -2.31. The van der Waals surface area contributed by atoms with Gasteiger partial charge in [0.1, 0.15) is 0 Å². The molecule has 16 heavy (non-hydrogen) atoms. The van der Waals surface area contributed by atoms with Crippen molar-refractivity contribution < 1.29 is 0 Å². The van der Waals surface area contributed by atoms with E-state index in [4.69, 9.17) is 5.53 Å². The highest BCUT2D eigenvalue weighted by molar-refractivity contribution is 5.19. The summed E-state index contributed by atoms with van der Waals surface area (Å²) in [6.07, 6.45) is 2.21. The van der Waals surface area contributed by atoms with Crippen LogP contribution in [0.4, 0.5) is 0 Å². The molecule has 1 aliphatic rings. The molecule has 0 spiro atoms. The zero-order chi connectivity index (χ0) is 11.2. The van der Waals surface area contributed by atoms with Crippen molar-refractivity contribution in [3.05, 3.63) is 46.3 Å². The van der Waals surface area contributed by atoms with Crippen molar-refractivity contribution in [2.45, 2.75) is 18.9 Å². The van der Waals surface area contributed by atoms with E-state index in [-0.39, 0.29) is 6.04 Å². The molecule has 1 aliphatic heterocycles. The smallest absolute Gasteiger partial charge is 0.0637 e. The van der Waals surface area contributed by atoms with Gasteiger partial charge in [-0.3, -0.25) is 0 Å². The highest BCUT2D eigenvalue weighted by Gasteiger charge is 2.16. The average Bonchev–Trinajstić information content (AvgIpc) is 2.27. The van der Waals surface area contributed by atoms with Crippen molar-refractivity contribution in [1.82, 2.24) is 4.90 Å². The van der Waals surface area contributed by atoms with Crippen LogP contribution in [0, 0.1) is 0 Å². The van der Waals surface area contributed by atoms with E-state index in [1.54, 1.807) is 0 Å². The first-order valence-corrected chi connectivity index (χ1v) is 5.71. The van der Waals surface area contributed by atoms with Gasteiger partial charge in [0, 0.05) is 4.91 Å². The predicted octanol–water partition coefficient (Wildman–Crippen LogP) is 3.13. The molecule has 84 valence electrons. The Morgan fingerprint density at radius 1 is 1.31 bits per heavy atom. The molecule has 1 heterocycles. The van der Waals surface area contributed by atoms with Crippen LogP contribution in [0.25, 0.3) is 10.4 Å². The van der Waals surface area contributed by atoms with Crippen LogP contribution in [-0.4, -0.2) is 24.5 Å². The Labute approximate surface area is 95.5 Å². The van der Waals surface area contributed by atoms with E-state index in [9.17, 15) is 0 Å². The molecule has 0 saturated carbocycles. The summed E-state index contributed by atoms with van der Waals surface area (Å²) in [6, 6.07) is 9.97. The van der Waals surface area contributed by atoms with Gasteiger partial charge >= 0.3 is 0 Å². The van der Waals surface area contributed by atoms with Gasteiger partial charge in [0.25, 0.3) is 0 Å². The lowest BCUT2D eigenvalue weighted by Crippen LogP contribution is -2.38. The number of benzene rings is 1. The maximum atomic E-state index is 8.58. The molecule has 0 N–H and O–H groups in total. The second kappa shape index (κ2) is 5.54. The van der Waals surface area contributed by atoms with Crippen LogP contribution in [0.5, 0.6) is 0 Å². The van der Waals surface area contributed by atoms with Gasteiger partial charge in [-0.15, -0.1) is 0 Å². The van der Waals surface area contributed by atoms with Crippen LogP contribution < -0.4 is 0 Å². The second-order valence-electron chi connectivity index (χ2n) is 4.12. The zero-order valence-corrected chi connectivity index (χ0v) is 9.29. The number of hydrogen-bond acceptors (Lipinski definition) is 2. The van der Waals surface area contributed by atoms with Gasteiger partial charge in [-0.1, -0.05) is 35.4 Å². The fourth-order valence-corrected chi connectivity index (χ4v) is 1.94. The number of likely N-dealkylation sites (tertiary alicyclic amines) is 1. The van der Waals surface area contributed by atoms with E-state index in [2.05, 4.69) is 14.9 Å². The highest BCUT2D eigenvalue weighted by Crippen LogP contribution is 2.22. The highest BCUT2D eigenvalue weighted by atomic mass is 15.2. The quantitative estimate of drug-likeness (QED) is 0.424. The third kappa shape index (κ3) is 2.75. The van der Waals surface area contributed by atoms with Crippen molar-refractivity contribution in [3.63, 3.8) is 0 Å². The third-order valence-electron chi connectivity index (χ3n) is 3.04. The molecule has 1 unspecified atom stereocenters. The molecule has 0 amide bonds. The Kier molecular flexibility index (Phi) is 3.81. The molecule has 1 fully saturated rings. The second-order valence-corrected chi connectivity index (χ2v) is 4.12. The molecule has 1 aromatic carbocycles. The Balaban J connectivity index is 1.96. The van der Waals surface area contributed by atoms with Crippen LogP contribution in [0.15, 0.2) is 35.4 Å². The van der Waals surface area contributed by atoms with E-state index in [0.717, 1.165) is 18.5 Å². The maximum absolute atomic E-state index is 8.58. The lowest BCUT2D eigenvalue weighted by atomic mass is 10.0. The number of hydrogen-bond donors (Lipinski definition) is 0. The standard InChI is InChI=1S/C12H16N4/c13-15-14-12(7-10-16-8-4-9-16)11-5-2-1-3-6-11/h1-3,5-6,12H,4,7-10H2. The molecular formula is C12H16N4. The summed E-state index contributed by atoms with van der Waals surface area (Å²) in [6.45, 7) is 3.41. The minimum absolute atomic E-state index is 0.0215. The molecule has 4 heteroatoms. The van der Waals surface area contributed by atoms with Crippen molar-refractivity contribution in [2.75, 3.05) is 19.6 Å². The minimum Gasteiger partial charge on any atom is -0.303 e. The Morgan fingerprint density at radius 3 is 2.62 bits per heavy atom. The molecule has 1 saturated heterocycles. The van der Waals surface area contributed by atoms with Gasteiger partial charge in [-0.2, -0.15) is 0 Å². The Morgan fingerprint density at radius 2 is 2.06 bits per heavy atom. The average molecular weight is 216 g/mol. The molecule has 0 aromatic heterocycles. The molecule has 1 atom stereocenters. The summed E-state index contributed by atoms with van der Waals surface area (Å²) in [7, 11) is 0. The monoisotopic (exact) mass is 216 g/mol. The fourth-order valence-electron chi connectivity index (χ4n) is 1.94. The number of nitrogens with zero attached hydrogens (tertiary/aromatic N) is 4. The Bertz CT molecular complexity index is 366. The topological polar surface area (TPSA) is 52.0 Å². The minimum atomic E-state index is -0.0215. The molecule has 2 rings (SSSR count). The van der Waals surface area contributed by atoms with Gasteiger partial charge in [0.15, 0.2) is 0 Å². The third-order valence-corrected chi connectivity index (χ3v) is 3.04.